The molecule has 166 valence electrons. The zero-order chi connectivity index (χ0) is 22.5. The summed E-state index contributed by atoms with van der Waals surface area (Å²) < 4.78 is 2.42. The van der Waals surface area contributed by atoms with E-state index in [1.165, 1.54) is 22.2 Å². The lowest BCUT2D eigenvalue weighted by molar-refractivity contribution is -0.119. The molecular formula is C26H34ClN3O. The number of halogens is 1. The van der Waals surface area contributed by atoms with Gasteiger partial charge in [-0.15, -0.1) is 0 Å². The minimum absolute atomic E-state index is 0.0342. The molecule has 0 saturated heterocycles. The minimum atomic E-state index is 0.0342. The average molecular weight is 440 g/mol. The monoisotopic (exact) mass is 439 g/mol. The van der Waals surface area contributed by atoms with Gasteiger partial charge in [0.15, 0.2) is 0 Å². The van der Waals surface area contributed by atoms with Gasteiger partial charge in [0.05, 0.1) is 0 Å². The van der Waals surface area contributed by atoms with Gasteiger partial charge in [0.1, 0.15) is 5.78 Å². The Balaban J connectivity index is 2.11. The van der Waals surface area contributed by atoms with Gasteiger partial charge >= 0.3 is 0 Å². The molecule has 0 aliphatic carbocycles. The second-order valence-electron chi connectivity index (χ2n) is 8.58. The number of ketones is 1. The number of fused-ring (bicyclic) bond motifs is 3. The second kappa shape index (κ2) is 10.3. The van der Waals surface area contributed by atoms with Crippen molar-refractivity contribution in [2.75, 3.05) is 13.6 Å². The van der Waals surface area contributed by atoms with Crippen LogP contribution in [-0.4, -0.2) is 28.8 Å². The van der Waals surface area contributed by atoms with E-state index in [-0.39, 0.29) is 5.92 Å². The molecule has 5 heteroatoms. The van der Waals surface area contributed by atoms with E-state index in [2.05, 4.69) is 42.2 Å². The lowest BCUT2D eigenvalue weighted by Crippen LogP contribution is -2.28. The van der Waals surface area contributed by atoms with Crippen LogP contribution in [0.3, 0.4) is 0 Å². The Morgan fingerprint density at radius 3 is 2.84 bits per heavy atom. The SMILES string of the molecule is C=C/C=C(\C(C)=C/N)C(CC(=O)CCC)Cn1c2c(c3cc(Cl)ccc31)CN(C)CC2. The van der Waals surface area contributed by atoms with Gasteiger partial charge in [-0.05, 0) is 61.5 Å². The van der Waals surface area contributed by atoms with Crippen LogP contribution in [0, 0.1) is 5.92 Å². The second-order valence-corrected chi connectivity index (χ2v) is 9.02. The smallest absolute Gasteiger partial charge is 0.133 e. The van der Waals surface area contributed by atoms with Crippen molar-refractivity contribution < 1.29 is 4.79 Å². The van der Waals surface area contributed by atoms with Crippen LogP contribution in [0.4, 0.5) is 0 Å². The number of Topliss-reactive ketones (excluding diaryl/α,β-unsaturated/α-hetero) is 1. The minimum Gasteiger partial charge on any atom is -0.404 e. The maximum Gasteiger partial charge on any atom is 0.133 e. The maximum atomic E-state index is 12.7. The van der Waals surface area contributed by atoms with Crippen LogP contribution in [-0.2, 0) is 24.3 Å². The molecule has 1 unspecified atom stereocenters. The van der Waals surface area contributed by atoms with Crippen LogP contribution in [0.15, 0.2) is 54.3 Å². The first-order chi connectivity index (χ1) is 14.9. The largest absolute Gasteiger partial charge is 0.404 e. The zero-order valence-electron chi connectivity index (χ0n) is 19.0. The van der Waals surface area contributed by atoms with Crippen LogP contribution in [0.25, 0.3) is 10.9 Å². The molecule has 1 aromatic carbocycles. The number of nitrogens with zero attached hydrogens (tertiary/aromatic N) is 2. The molecule has 4 nitrogen and oxygen atoms in total. The Hall–Kier alpha value is -2.30. The van der Waals surface area contributed by atoms with Crippen molar-refractivity contribution >= 4 is 28.3 Å². The Morgan fingerprint density at radius 2 is 2.16 bits per heavy atom. The average Bonchev–Trinajstić information content (AvgIpc) is 3.03. The Bertz CT molecular complexity index is 1030. The third kappa shape index (κ3) is 5.13. The number of rotatable bonds is 9. The van der Waals surface area contributed by atoms with Gasteiger partial charge < -0.3 is 15.2 Å². The molecule has 0 bridgehead atoms. The summed E-state index contributed by atoms with van der Waals surface area (Å²) in [7, 11) is 2.16. The van der Waals surface area contributed by atoms with E-state index in [9.17, 15) is 4.79 Å². The van der Waals surface area contributed by atoms with Gasteiger partial charge in [-0.3, -0.25) is 4.79 Å². The van der Waals surface area contributed by atoms with Gasteiger partial charge in [0.2, 0.25) is 0 Å². The molecule has 2 N–H and O–H groups in total. The van der Waals surface area contributed by atoms with Crippen LogP contribution in [0.1, 0.15) is 44.4 Å². The third-order valence-electron chi connectivity index (χ3n) is 6.26. The molecule has 0 radical (unpaired) electrons. The van der Waals surface area contributed by atoms with Crippen molar-refractivity contribution in [1.82, 2.24) is 9.47 Å². The summed E-state index contributed by atoms with van der Waals surface area (Å²) >= 11 is 6.36. The molecule has 0 saturated carbocycles. The van der Waals surface area contributed by atoms with E-state index in [1.54, 1.807) is 12.3 Å². The maximum absolute atomic E-state index is 12.7. The Kier molecular flexibility index (Phi) is 7.79. The number of carbonyl (C=O) groups is 1. The fourth-order valence-electron chi connectivity index (χ4n) is 4.73. The molecule has 0 fully saturated rings. The van der Waals surface area contributed by atoms with Crippen molar-refractivity contribution in [2.45, 2.75) is 52.6 Å². The van der Waals surface area contributed by atoms with Gasteiger partial charge in [-0.1, -0.05) is 37.3 Å². The van der Waals surface area contributed by atoms with E-state index >= 15 is 0 Å². The molecule has 2 heterocycles. The fourth-order valence-corrected chi connectivity index (χ4v) is 4.90. The first-order valence-corrected chi connectivity index (χ1v) is 11.5. The summed E-state index contributed by atoms with van der Waals surface area (Å²) in [5, 5.41) is 1.97. The predicted octanol–water partition coefficient (Wildman–Crippen LogP) is 5.63. The Labute approximate surface area is 191 Å². The van der Waals surface area contributed by atoms with Crippen LogP contribution in [0.2, 0.25) is 5.02 Å². The highest BCUT2D eigenvalue weighted by Gasteiger charge is 2.26. The van der Waals surface area contributed by atoms with E-state index in [0.717, 1.165) is 48.6 Å². The summed E-state index contributed by atoms with van der Waals surface area (Å²) in [6.07, 6.45) is 8.38. The molecule has 0 amide bonds. The summed E-state index contributed by atoms with van der Waals surface area (Å²) in [5.74, 6) is 0.326. The first-order valence-electron chi connectivity index (χ1n) is 11.1. The summed E-state index contributed by atoms with van der Waals surface area (Å²) in [5.41, 5.74) is 11.9. The molecule has 31 heavy (non-hydrogen) atoms. The van der Waals surface area contributed by atoms with Crippen LogP contribution < -0.4 is 5.73 Å². The number of hydrogen-bond acceptors (Lipinski definition) is 3. The Morgan fingerprint density at radius 1 is 1.39 bits per heavy atom. The van der Waals surface area contributed by atoms with Crippen molar-refractivity contribution in [2.24, 2.45) is 11.7 Å². The third-order valence-corrected chi connectivity index (χ3v) is 6.49. The normalized spacial score (nSPS) is 16.4. The predicted molar refractivity (Wildman–Crippen MR) is 131 cm³/mol. The number of hydrogen-bond donors (Lipinski definition) is 1. The van der Waals surface area contributed by atoms with Crippen molar-refractivity contribution in [3.63, 3.8) is 0 Å². The number of nitrogens with two attached hydrogens (primary N) is 1. The summed E-state index contributed by atoms with van der Waals surface area (Å²) in [6, 6.07) is 6.15. The highest BCUT2D eigenvalue weighted by atomic mass is 35.5. The van der Waals surface area contributed by atoms with Crippen molar-refractivity contribution in [3.8, 4) is 0 Å². The van der Waals surface area contributed by atoms with Gasteiger partial charge in [-0.2, -0.15) is 0 Å². The van der Waals surface area contributed by atoms with Crippen molar-refractivity contribution in [1.29, 1.82) is 0 Å². The quantitative estimate of drug-likeness (QED) is 0.515. The van der Waals surface area contributed by atoms with E-state index < -0.39 is 0 Å². The first kappa shape index (κ1) is 23.4. The van der Waals surface area contributed by atoms with E-state index in [1.807, 2.05) is 19.1 Å². The number of allylic oxidation sites excluding steroid dienone is 4. The summed E-state index contributed by atoms with van der Waals surface area (Å²) in [4.78, 5) is 15.1. The topological polar surface area (TPSA) is 51.3 Å². The fraction of sp³-hybridized carbons (Fsp3) is 0.423. The molecule has 1 aliphatic rings. The molecule has 1 aliphatic heterocycles. The summed E-state index contributed by atoms with van der Waals surface area (Å²) in [6.45, 7) is 10.6. The standard InChI is InChI=1S/C26H34ClN3O/c1-5-7-21(31)13-19(22(8-6-2)18(3)15-28)16-30-25-10-9-20(27)14-23(25)24-17-29(4)12-11-26(24)30/h6,8-10,14-15,19H,2,5,7,11-13,16-17,28H2,1,3-4H3/b18-15-,22-8+. The zero-order valence-corrected chi connectivity index (χ0v) is 19.7. The molecule has 2 aromatic rings. The number of benzene rings is 1. The highest BCUT2D eigenvalue weighted by Crippen LogP contribution is 2.35. The number of likely N-dealkylation sites (N-methyl/N-ethyl adjacent to an activating group) is 1. The van der Waals surface area contributed by atoms with Crippen LogP contribution in [0.5, 0.6) is 0 Å². The van der Waals surface area contributed by atoms with E-state index in [4.69, 9.17) is 17.3 Å². The number of aromatic nitrogens is 1. The molecule has 3 rings (SSSR count). The lowest BCUT2D eigenvalue weighted by Gasteiger charge is -2.27. The lowest BCUT2D eigenvalue weighted by atomic mass is 9.87. The molecule has 1 aromatic heterocycles. The van der Waals surface area contributed by atoms with Gasteiger partial charge in [0, 0.05) is 66.4 Å². The molecular weight excluding hydrogens is 406 g/mol. The highest BCUT2D eigenvalue weighted by molar-refractivity contribution is 6.31. The van der Waals surface area contributed by atoms with Crippen molar-refractivity contribution in [3.05, 3.63) is 70.6 Å². The number of carbonyl (C=O) groups excluding carboxylic acids is 1. The van der Waals surface area contributed by atoms with Gasteiger partial charge in [0.25, 0.3) is 0 Å². The van der Waals surface area contributed by atoms with Crippen LogP contribution >= 0.6 is 11.6 Å². The molecule has 0 spiro atoms. The van der Waals surface area contributed by atoms with Gasteiger partial charge in [-0.25, -0.2) is 0 Å². The molecule has 1 atom stereocenters. The van der Waals surface area contributed by atoms with E-state index in [0.29, 0.717) is 18.6 Å².